The van der Waals surface area contributed by atoms with Gasteiger partial charge in [-0.25, -0.2) is 4.68 Å². The van der Waals surface area contributed by atoms with Crippen LogP contribution in [0.1, 0.15) is 0 Å². The number of aromatic hydroxyl groups is 1. The van der Waals surface area contributed by atoms with E-state index in [1.807, 2.05) is 0 Å². The molecule has 6 nitrogen and oxygen atoms in total. The van der Waals surface area contributed by atoms with Crippen molar-refractivity contribution in [1.29, 1.82) is 0 Å². The smallest absolute Gasteiger partial charge is 0.325 e. The predicted molar refractivity (Wildman–Crippen MR) is 55.3 cm³/mol. The summed E-state index contributed by atoms with van der Waals surface area (Å²) in [6, 6.07) is 4.21. The number of rotatable bonds is 2. The van der Waals surface area contributed by atoms with Crippen molar-refractivity contribution in [2.24, 2.45) is 0 Å². The van der Waals surface area contributed by atoms with Gasteiger partial charge in [0.25, 0.3) is 5.56 Å². The van der Waals surface area contributed by atoms with Crippen LogP contribution in [0.5, 0.6) is 5.75 Å². The molecule has 2 N–H and O–H groups in total. The van der Waals surface area contributed by atoms with Crippen molar-refractivity contribution in [2.45, 2.75) is 6.54 Å². The third-order valence-electron chi connectivity index (χ3n) is 2.12. The van der Waals surface area contributed by atoms with Crippen molar-refractivity contribution in [3.05, 3.63) is 34.7 Å². The number of nitrogens with zero attached hydrogens (tertiary/aromatic N) is 2. The molecule has 1 aromatic heterocycles. The molecule has 0 fully saturated rings. The molecule has 0 saturated heterocycles. The van der Waals surface area contributed by atoms with Crippen molar-refractivity contribution < 1.29 is 15.0 Å². The minimum atomic E-state index is -1.13. The first kappa shape index (κ1) is 10.2. The van der Waals surface area contributed by atoms with Gasteiger partial charge in [0.2, 0.25) is 0 Å². The first-order valence-corrected chi connectivity index (χ1v) is 4.48. The molecule has 1 aromatic carbocycles. The van der Waals surface area contributed by atoms with Crippen LogP contribution in [0.4, 0.5) is 0 Å². The van der Waals surface area contributed by atoms with Crippen LogP contribution >= 0.6 is 0 Å². The predicted octanol–water partition coefficient (Wildman–Crippen LogP) is 0.187. The Morgan fingerprint density at radius 2 is 2.19 bits per heavy atom. The first-order valence-electron chi connectivity index (χ1n) is 4.48. The van der Waals surface area contributed by atoms with Crippen LogP contribution in [0.15, 0.2) is 29.2 Å². The second-order valence-electron chi connectivity index (χ2n) is 3.27. The zero-order valence-electron chi connectivity index (χ0n) is 8.12. The highest BCUT2D eigenvalue weighted by Crippen LogP contribution is 2.15. The lowest BCUT2D eigenvalue weighted by Gasteiger charge is -2.02. The van der Waals surface area contributed by atoms with Crippen LogP contribution in [0.2, 0.25) is 0 Å². The fourth-order valence-electron chi connectivity index (χ4n) is 1.42. The second-order valence-corrected chi connectivity index (χ2v) is 3.27. The number of hydrogen-bond acceptors (Lipinski definition) is 4. The van der Waals surface area contributed by atoms with Crippen LogP contribution in [-0.2, 0) is 11.3 Å². The van der Waals surface area contributed by atoms with Gasteiger partial charge in [-0.15, -0.1) is 0 Å². The van der Waals surface area contributed by atoms with Crippen LogP contribution in [-0.4, -0.2) is 26.0 Å². The highest BCUT2D eigenvalue weighted by Gasteiger charge is 2.07. The third kappa shape index (κ3) is 1.72. The Labute approximate surface area is 89.4 Å². The van der Waals surface area contributed by atoms with E-state index >= 15 is 0 Å². The van der Waals surface area contributed by atoms with E-state index in [9.17, 15) is 14.7 Å². The fraction of sp³-hybridized carbons (Fsp3) is 0.100. The Bertz CT molecular complexity index is 618. The Balaban J connectivity index is 2.66. The monoisotopic (exact) mass is 220 g/mol. The van der Waals surface area contributed by atoms with Crippen LogP contribution < -0.4 is 5.56 Å². The average molecular weight is 220 g/mol. The third-order valence-corrected chi connectivity index (χ3v) is 2.12. The molecule has 0 radical (unpaired) electrons. The molecule has 0 aliphatic rings. The van der Waals surface area contributed by atoms with Gasteiger partial charge in [-0.2, -0.15) is 5.10 Å². The molecule has 0 aliphatic carbocycles. The Morgan fingerprint density at radius 1 is 1.44 bits per heavy atom. The molecule has 1 heterocycles. The minimum absolute atomic E-state index is 0.0321. The van der Waals surface area contributed by atoms with E-state index in [0.717, 1.165) is 4.68 Å². The number of carboxylic acid groups (broad SMARTS) is 1. The zero-order chi connectivity index (χ0) is 11.7. The minimum Gasteiger partial charge on any atom is -0.508 e. The zero-order valence-corrected chi connectivity index (χ0v) is 8.12. The molecule has 82 valence electrons. The maximum Gasteiger partial charge on any atom is 0.325 e. The molecule has 0 bridgehead atoms. The molecule has 2 rings (SSSR count). The molecule has 0 atom stereocenters. The van der Waals surface area contributed by atoms with Crippen LogP contribution in [0.3, 0.4) is 0 Å². The largest absolute Gasteiger partial charge is 0.508 e. The number of phenols is 1. The second kappa shape index (κ2) is 3.65. The lowest BCUT2D eigenvalue weighted by molar-refractivity contribution is -0.137. The van der Waals surface area contributed by atoms with Gasteiger partial charge in [-0.1, -0.05) is 0 Å². The Hall–Kier alpha value is -2.37. The summed E-state index contributed by atoms with van der Waals surface area (Å²) >= 11 is 0. The fourth-order valence-corrected chi connectivity index (χ4v) is 1.42. The molecule has 0 aliphatic heterocycles. The van der Waals surface area contributed by atoms with Gasteiger partial charge in [0.05, 0.1) is 11.6 Å². The number of carbonyl (C=O) groups is 1. The topological polar surface area (TPSA) is 92.4 Å². The molecule has 0 unspecified atom stereocenters. The van der Waals surface area contributed by atoms with E-state index in [0.29, 0.717) is 10.8 Å². The SMILES string of the molecule is O=C(O)Cn1ncc2cc(O)ccc2c1=O. The number of carboxylic acids is 1. The molecular weight excluding hydrogens is 212 g/mol. The van der Waals surface area contributed by atoms with Crippen molar-refractivity contribution in [3.8, 4) is 5.75 Å². The average Bonchev–Trinajstić information content (AvgIpc) is 2.22. The summed E-state index contributed by atoms with van der Waals surface area (Å²) in [5.41, 5.74) is -0.486. The van der Waals surface area contributed by atoms with Gasteiger partial charge in [0.1, 0.15) is 12.3 Å². The maximum atomic E-state index is 11.7. The van der Waals surface area contributed by atoms with E-state index in [1.165, 1.54) is 24.4 Å². The normalized spacial score (nSPS) is 10.5. The highest BCUT2D eigenvalue weighted by atomic mass is 16.4. The quantitative estimate of drug-likeness (QED) is 0.753. The van der Waals surface area contributed by atoms with Crippen molar-refractivity contribution in [2.75, 3.05) is 0 Å². The van der Waals surface area contributed by atoms with Gasteiger partial charge >= 0.3 is 5.97 Å². The standard InChI is InChI=1S/C10H8N2O4/c13-7-1-2-8-6(3-7)4-11-12(10(8)16)5-9(14)15/h1-4,13H,5H2,(H,14,15). The van der Waals surface area contributed by atoms with Gasteiger partial charge in [-0.3, -0.25) is 9.59 Å². The van der Waals surface area contributed by atoms with Crippen LogP contribution in [0.25, 0.3) is 10.8 Å². The molecule has 0 amide bonds. The van der Waals surface area contributed by atoms with E-state index < -0.39 is 18.1 Å². The summed E-state index contributed by atoms with van der Waals surface area (Å²) in [4.78, 5) is 22.2. The number of phenolic OH excluding ortho intramolecular Hbond substituents is 1. The number of aromatic nitrogens is 2. The van der Waals surface area contributed by atoms with Crippen molar-refractivity contribution in [3.63, 3.8) is 0 Å². The van der Waals surface area contributed by atoms with Crippen molar-refractivity contribution >= 4 is 16.7 Å². The maximum absolute atomic E-state index is 11.7. The molecule has 6 heteroatoms. The van der Waals surface area contributed by atoms with Gasteiger partial charge in [0, 0.05) is 5.39 Å². The molecule has 0 saturated carbocycles. The summed E-state index contributed by atoms with van der Waals surface area (Å²) in [6.45, 7) is -0.477. The summed E-state index contributed by atoms with van der Waals surface area (Å²) in [6.07, 6.45) is 1.35. The number of benzene rings is 1. The van der Waals surface area contributed by atoms with E-state index in [2.05, 4.69) is 5.10 Å². The van der Waals surface area contributed by atoms with Crippen molar-refractivity contribution in [1.82, 2.24) is 9.78 Å². The summed E-state index contributed by atoms with van der Waals surface area (Å²) in [5, 5.41) is 22.3. The van der Waals surface area contributed by atoms with E-state index in [4.69, 9.17) is 5.11 Å². The Morgan fingerprint density at radius 3 is 2.88 bits per heavy atom. The lowest BCUT2D eigenvalue weighted by Crippen LogP contribution is -2.26. The summed E-state index contributed by atoms with van der Waals surface area (Å²) in [7, 11) is 0. The van der Waals surface area contributed by atoms with Gasteiger partial charge < -0.3 is 10.2 Å². The van der Waals surface area contributed by atoms with Gasteiger partial charge in [-0.05, 0) is 18.2 Å². The highest BCUT2D eigenvalue weighted by molar-refractivity contribution is 5.82. The summed E-state index contributed by atoms with van der Waals surface area (Å²) in [5.74, 6) is -1.10. The molecule has 0 spiro atoms. The number of fused-ring (bicyclic) bond motifs is 1. The molecule has 2 aromatic rings. The van der Waals surface area contributed by atoms with Gasteiger partial charge in [0.15, 0.2) is 0 Å². The Kier molecular flexibility index (Phi) is 2.32. The van der Waals surface area contributed by atoms with E-state index in [-0.39, 0.29) is 5.75 Å². The lowest BCUT2D eigenvalue weighted by atomic mass is 10.2. The number of hydrogen-bond donors (Lipinski definition) is 2. The van der Waals surface area contributed by atoms with Crippen LogP contribution in [0, 0.1) is 0 Å². The number of aliphatic carboxylic acids is 1. The molecule has 16 heavy (non-hydrogen) atoms. The molecular formula is C10H8N2O4. The first-order chi connectivity index (χ1) is 7.58. The van der Waals surface area contributed by atoms with E-state index in [1.54, 1.807) is 0 Å². The summed E-state index contributed by atoms with van der Waals surface area (Å²) < 4.78 is 0.863.